The number of nitrogens with zero attached hydrogens (tertiary/aromatic N) is 2. The first-order valence-corrected chi connectivity index (χ1v) is 6.57. The van der Waals surface area contributed by atoms with E-state index in [-0.39, 0.29) is 5.92 Å². The van der Waals surface area contributed by atoms with Crippen LogP contribution in [0.5, 0.6) is 0 Å². The van der Waals surface area contributed by atoms with Crippen molar-refractivity contribution in [3.05, 3.63) is 47.8 Å². The van der Waals surface area contributed by atoms with Gasteiger partial charge in [0.15, 0.2) is 0 Å². The van der Waals surface area contributed by atoms with E-state index in [2.05, 4.69) is 53.4 Å². The van der Waals surface area contributed by atoms with Gasteiger partial charge in [0.05, 0.1) is 0 Å². The highest BCUT2D eigenvalue weighted by Gasteiger charge is 2.06. The monoisotopic (exact) mass is 256 g/mol. The Balaban J connectivity index is 1.96. The van der Waals surface area contributed by atoms with Crippen LogP contribution in [0.3, 0.4) is 0 Å². The highest BCUT2D eigenvalue weighted by atomic mass is 15.0. The molecule has 0 aliphatic heterocycles. The maximum absolute atomic E-state index is 5.79. The van der Waals surface area contributed by atoms with Gasteiger partial charge < -0.3 is 11.1 Å². The molecule has 100 valence electrons. The Morgan fingerprint density at radius 3 is 2.58 bits per heavy atom. The second-order valence-corrected chi connectivity index (χ2v) is 4.85. The molecule has 3 N–H and O–H groups in total. The maximum atomic E-state index is 5.79. The van der Waals surface area contributed by atoms with Crippen LogP contribution in [0.15, 0.2) is 36.4 Å². The lowest BCUT2D eigenvalue weighted by atomic mass is 10.1. The van der Waals surface area contributed by atoms with E-state index in [0.717, 1.165) is 24.6 Å². The summed E-state index contributed by atoms with van der Waals surface area (Å²) in [6.45, 7) is 4.95. The Morgan fingerprint density at radius 1 is 1.16 bits per heavy atom. The van der Waals surface area contributed by atoms with E-state index in [4.69, 9.17) is 5.73 Å². The predicted octanol–water partition coefficient (Wildman–Crippen LogP) is 2.84. The molecule has 4 nitrogen and oxygen atoms in total. The molecule has 0 unspecified atom stereocenters. The molecule has 0 fully saturated rings. The van der Waals surface area contributed by atoms with E-state index in [1.807, 2.05) is 6.07 Å². The van der Waals surface area contributed by atoms with E-state index >= 15 is 0 Å². The van der Waals surface area contributed by atoms with E-state index in [1.165, 1.54) is 5.56 Å². The molecule has 1 aromatic carbocycles. The Hall–Kier alpha value is -2.10. The number of nitrogens with two attached hydrogens (primary N) is 1. The summed E-state index contributed by atoms with van der Waals surface area (Å²) in [5.74, 6) is 2.37. The number of nitrogen functional groups attached to an aromatic ring is 1. The molecule has 0 radical (unpaired) electrons. The molecule has 2 aromatic rings. The number of anilines is 2. The van der Waals surface area contributed by atoms with Gasteiger partial charge in [0.1, 0.15) is 17.5 Å². The van der Waals surface area contributed by atoms with E-state index in [1.54, 1.807) is 6.07 Å². The summed E-state index contributed by atoms with van der Waals surface area (Å²) < 4.78 is 0. The van der Waals surface area contributed by atoms with Crippen molar-refractivity contribution in [1.29, 1.82) is 0 Å². The molecule has 0 aliphatic rings. The Labute approximate surface area is 114 Å². The minimum atomic E-state index is 0.276. The van der Waals surface area contributed by atoms with Gasteiger partial charge in [-0.05, 0) is 12.0 Å². The lowest BCUT2D eigenvalue weighted by Crippen LogP contribution is -2.10. The smallest absolute Gasteiger partial charge is 0.135 e. The number of hydrogen-bond donors (Lipinski definition) is 2. The minimum Gasteiger partial charge on any atom is -0.384 e. The topological polar surface area (TPSA) is 63.8 Å². The van der Waals surface area contributed by atoms with Gasteiger partial charge in [0.25, 0.3) is 0 Å². The van der Waals surface area contributed by atoms with Crippen molar-refractivity contribution in [2.45, 2.75) is 26.2 Å². The quantitative estimate of drug-likeness (QED) is 0.863. The molecule has 0 spiro atoms. The zero-order chi connectivity index (χ0) is 13.7. The summed E-state index contributed by atoms with van der Waals surface area (Å²) in [6.07, 6.45) is 0.960. The maximum Gasteiger partial charge on any atom is 0.135 e. The van der Waals surface area contributed by atoms with Crippen molar-refractivity contribution in [3.8, 4) is 0 Å². The van der Waals surface area contributed by atoms with E-state index in [0.29, 0.717) is 5.82 Å². The van der Waals surface area contributed by atoms with Crippen LogP contribution in [0.1, 0.15) is 31.2 Å². The standard InChI is InChI=1S/C15H20N4/c1-11(2)15-18-13(16)10-14(19-15)17-9-8-12-6-4-3-5-7-12/h3-7,10-11H,8-9H2,1-2H3,(H3,16,17,18,19). The summed E-state index contributed by atoms with van der Waals surface area (Å²) in [4.78, 5) is 8.69. The largest absolute Gasteiger partial charge is 0.384 e. The molecule has 0 bridgehead atoms. The zero-order valence-electron chi connectivity index (χ0n) is 11.4. The van der Waals surface area contributed by atoms with Crippen LogP contribution in [-0.4, -0.2) is 16.5 Å². The molecule has 0 aliphatic carbocycles. The highest BCUT2D eigenvalue weighted by molar-refractivity contribution is 5.45. The van der Waals surface area contributed by atoms with Gasteiger partial charge in [0.2, 0.25) is 0 Å². The minimum absolute atomic E-state index is 0.276. The fourth-order valence-electron chi connectivity index (χ4n) is 1.81. The molecule has 0 saturated heterocycles. The molecule has 19 heavy (non-hydrogen) atoms. The summed E-state index contributed by atoms with van der Waals surface area (Å²) in [5, 5.41) is 3.30. The fourth-order valence-corrected chi connectivity index (χ4v) is 1.81. The third kappa shape index (κ3) is 3.95. The molecular formula is C15H20N4. The van der Waals surface area contributed by atoms with Crippen LogP contribution in [0.2, 0.25) is 0 Å². The molecule has 0 amide bonds. The number of rotatable bonds is 5. The molecular weight excluding hydrogens is 236 g/mol. The van der Waals surface area contributed by atoms with Gasteiger partial charge in [-0.2, -0.15) is 0 Å². The van der Waals surface area contributed by atoms with E-state index in [9.17, 15) is 0 Å². The average molecular weight is 256 g/mol. The molecule has 4 heteroatoms. The van der Waals surface area contributed by atoms with Crippen LogP contribution in [0, 0.1) is 0 Å². The van der Waals surface area contributed by atoms with Gasteiger partial charge >= 0.3 is 0 Å². The van der Waals surface area contributed by atoms with Gasteiger partial charge in [-0.25, -0.2) is 9.97 Å². The van der Waals surface area contributed by atoms with Crippen molar-refractivity contribution in [2.75, 3.05) is 17.6 Å². The number of aromatic nitrogens is 2. The lowest BCUT2D eigenvalue weighted by molar-refractivity contribution is 0.776. The molecule has 0 saturated carbocycles. The van der Waals surface area contributed by atoms with Gasteiger partial charge in [0, 0.05) is 18.5 Å². The van der Waals surface area contributed by atoms with Crippen LogP contribution >= 0.6 is 0 Å². The Morgan fingerprint density at radius 2 is 1.89 bits per heavy atom. The first-order valence-electron chi connectivity index (χ1n) is 6.57. The van der Waals surface area contributed by atoms with Crippen LogP contribution in [0.4, 0.5) is 11.6 Å². The highest BCUT2D eigenvalue weighted by Crippen LogP contribution is 2.15. The second-order valence-electron chi connectivity index (χ2n) is 4.85. The SMILES string of the molecule is CC(C)c1nc(N)cc(NCCc2ccccc2)n1. The predicted molar refractivity (Wildman–Crippen MR) is 79.2 cm³/mol. The Bertz CT molecular complexity index is 523. The van der Waals surface area contributed by atoms with Crippen molar-refractivity contribution in [1.82, 2.24) is 9.97 Å². The summed E-state index contributed by atoms with van der Waals surface area (Å²) in [7, 11) is 0. The van der Waals surface area contributed by atoms with Gasteiger partial charge in [-0.1, -0.05) is 44.2 Å². The third-order valence-corrected chi connectivity index (χ3v) is 2.84. The number of benzene rings is 1. The van der Waals surface area contributed by atoms with Crippen molar-refractivity contribution in [3.63, 3.8) is 0 Å². The van der Waals surface area contributed by atoms with Gasteiger partial charge in [-0.15, -0.1) is 0 Å². The van der Waals surface area contributed by atoms with Crippen molar-refractivity contribution >= 4 is 11.6 Å². The molecule has 1 heterocycles. The molecule has 1 aromatic heterocycles. The third-order valence-electron chi connectivity index (χ3n) is 2.84. The van der Waals surface area contributed by atoms with Crippen molar-refractivity contribution < 1.29 is 0 Å². The van der Waals surface area contributed by atoms with Crippen LogP contribution in [-0.2, 0) is 6.42 Å². The van der Waals surface area contributed by atoms with Gasteiger partial charge in [-0.3, -0.25) is 0 Å². The average Bonchev–Trinajstić information content (AvgIpc) is 2.39. The number of nitrogens with one attached hydrogen (secondary N) is 1. The van der Waals surface area contributed by atoms with Crippen LogP contribution in [0.25, 0.3) is 0 Å². The first kappa shape index (κ1) is 13.3. The summed E-state index contributed by atoms with van der Waals surface area (Å²) >= 11 is 0. The first-order chi connectivity index (χ1) is 9.15. The normalized spacial score (nSPS) is 10.7. The molecule has 0 atom stereocenters. The fraction of sp³-hybridized carbons (Fsp3) is 0.333. The molecule has 2 rings (SSSR count). The van der Waals surface area contributed by atoms with E-state index < -0.39 is 0 Å². The van der Waals surface area contributed by atoms with Crippen LogP contribution < -0.4 is 11.1 Å². The second kappa shape index (κ2) is 6.18. The Kier molecular flexibility index (Phi) is 4.34. The lowest BCUT2D eigenvalue weighted by Gasteiger charge is -2.10. The zero-order valence-corrected chi connectivity index (χ0v) is 11.4. The number of hydrogen-bond acceptors (Lipinski definition) is 4. The van der Waals surface area contributed by atoms with Crippen molar-refractivity contribution in [2.24, 2.45) is 0 Å². The summed E-state index contributed by atoms with van der Waals surface area (Å²) in [5.41, 5.74) is 7.10. The summed E-state index contributed by atoms with van der Waals surface area (Å²) in [6, 6.07) is 12.1.